The summed E-state index contributed by atoms with van der Waals surface area (Å²) in [6, 6.07) is 16.8. The Morgan fingerprint density at radius 3 is 1.88 bits per heavy atom. The summed E-state index contributed by atoms with van der Waals surface area (Å²) in [5.41, 5.74) is 10.7. The van der Waals surface area contributed by atoms with E-state index in [0.29, 0.717) is 6.42 Å². The van der Waals surface area contributed by atoms with Crippen LogP contribution in [0.1, 0.15) is 23.5 Å². The van der Waals surface area contributed by atoms with Gasteiger partial charge in [0, 0.05) is 12.3 Å². The van der Waals surface area contributed by atoms with E-state index in [1.54, 1.807) is 0 Å². The van der Waals surface area contributed by atoms with Crippen molar-refractivity contribution in [1.82, 2.24) is 0 Å². The average molecular weight is 222 g/mol. The minimum atomic E-state index is 0.250. The Kier molecular flexibility index (Phi) is 2.22. The molecule has 1 aliphatic rings. The molecule has 0 amide bonds. The van der Waals surface area contributed by atoms with Crippen molar-refractivity contribution in [3.63, 3.8) is 0 Å². The van der Waals surface area contributed by atoms with Crippen molar-refractivity contribution in [1.29, 1.82) is 5.41 Å². The molecular weight excluding hydrogens is 208 g/mol. The molecule has 0 heterocycles. The Morgan fingerprint density at radius 2 is 1.41 bits per heavy atom. The van der Waals surface area contributed by atoms with Crippen LogP contribution in [0.3, 0.4) is 0 Å². The molecule has 3 rings (SSSR count). The predicted molar refractivity (Wildman–Crippen MR) is 70.3 cm³/mol. The second kappa shape index (κ2) is 3.74. The highest BCUT2D eigenvalue weighted by Crippen LogP contribution is 2.45. The van der Waals surface area contributed by atoms with E-state index in [1.807, 2.05) is 0 Å². The van der Waals surface area contributed by atoms with E-state index >= 15 is 0 Å². The molecule has 0 atom stereocenters. The Balaban J connectivity index is 2.20. The van der Waals surface area contributed by atoms with Crippen LogP contribution in [0.4, 0.5) is 0 Å². The fourth-order valence-corrected chi connectivity index (χ4v) is 2.70. The van der Waals surface area contributed by atoms with Gasteiger partial charge < -0.3 is 5.73 Å². The fraction of sp³-hybridized carbons (Fsp3) is 0.133. The van der Waals surface area contributed by atoms with Gasteiger partial charge >= 0.3 is 0 Å². The Bertz CT molecular complexity index is 541. The van der Waals surface area contributed by atoms with Crippen molar-refractivity contribution < 1.29 is 0 Å². The van der Waals surface area contributed by atoms with Crippen LogP contribution in [0.25, 0.3) is 11.1 Å². The molecule has 0 aromatic heterocycles. The third-order valence-corrected chi connectivity index (χ3v) is 3.39. The van der Waals surface area contributed by atoms with Crippen molar-refractivity contribution in [2.45, 2.75) is 12.3 Å². The van der Waals surface area contributed by atoms with Crippen molar-refractivity contribution in [3.05, 3.63) is 59.7 Å². The number of nitrogens with two attached hydrogens (primary N) is 1. The Hall–Kier alpha value is -2.09. The lowest BCUT2D eigenvalue weighted by Crippen LogP contribution is -2.14. The van der Waals surface area contributed by atoms with E-state index in [4.69, 9.17) is 11.1 Å². The summed E-state index contributed by atoms with van der Waals surface area (Å²) in [6.45, 7) is 0. The molecule has 1 aliphatic carbocycles. The van der Waals surface area contributed by atoms with Crippen LogP contribution >= 0.6 is 0 Å². The van der Waals surface area contributed by atoms with E-state index < -0.39 is 0 Å². The van der Waals surface area contributed by atoms with E-state index in [1.165, 1.54) is 22.3 Å². The third-order valence-electron chi connectivity index (χ3n) is 3.39. The monoisotopic (exact) mass is 222 g/mol. The lowest BCUT2D eigenvalue weighted by atomic mass is 9.93. The zero-order valence-electron chi connectivity index (χ0n) is 9.48. The lowest BCUT2D eigenvalue weighted by molar-refractivity contribution is 0.872. The molecule has 17 heavy (non-hydrogen) atoms. The molecule has 0 radical (unpaired) electrons. The molecular formula is C15H14N2. The van der Waals surface area contributed by atoms with Gasteiger partial charge in [0.2, 0.25) is 0 Å². The summed E-state index contributed by atoms with van der Waals surface area (Å²) in [6.07, 6.45) is 0.605. The quantitative estimate of drug-likeness (QED) is 0.595. The summed E-state index contributed by atoms with van der Waals surface area (Å²) in [7, 11) is 0. The third kappa shape index (κ3) is 1.53. The summed E-state index contributed by atoms with van der Waals surface area (Å²) in [5, 5.41) is 7.52. The average Bonchev–Trinajstić information content (AvgIpc) is 2.65. The normalized spacial score (nSPS) is 13.2. The summed E-state index contributed by atoms with van der Waals surface area (Å²) in [4.78, 5) is 0. The van der Waals surface area contributed by atoms with E-state index in [2.05, 4.69) is 48.5 Å². The van der Waals surface area contributed by atoms with Gasteiger partial charge in [-0.3, -0.25) is 5.41 Å². The number of fused-ring (bicyclic) bond motifs is 3. The molecule has 0 spiro atoms. The number of amidine groups is 1. The highest BCUT2D eigenvalue weighted by Gasteiger charge is 2.27. The van der Waals surface area contributed by atoms with Crippen molar-refractivity contribution in [2.75, 3.05) is 0 Å². The van der Waals surface area contributed by atoms with Gasteiger partial charge in [-0.25, -0.2) is 0 Å². The fourth-order valence-electron chi connectivity index (χ4n) is 2.70. The minimum Gasteiger partial charge on any atom is -0.388 e. The second-order valence-corrected chi connectivity index (χ2v) is 4.46. The van der Waals surface area contributed by atoms with Gasteiger partial charge in [-0.05, 0) is 22.3 Å². The highest BCUT2D eigenvalue weighted by atomic mass is 14.7. The standard InChI is InChI=1S/C15H14N2/c16-15(17)9-14-12-7-3-1-5-10(12)11-6-2-4-8-13(11)14/h1-8,14H,9H2,(H3,16,17). The number of hydrogen-bond donors (Lipinski definition) is 2. The topological polar surface area (TPSA) is 49.9 Å². The molecule has 0 saturated carbocycles. The maximum Gasteiger partial charge on any atom is 0.0914 e. The zero-order chi connectivity index (χ0) is 11.8. The first-order valence-corrected chi connectivity index (χ1v) is 5.78. The van der Waals surface area contributed by atoms with Crippen LogP contribution in [-0.4, -0.2) is 5.84 Å². The van der Waals surface area contributed by atoms with Gasteiger partial charge in [0.05, 0.1) is 5.84 Å². The van der Waals surface area contributed by atoms with Crippen LogP contribution in [0.5, 0.6) is 0 Å². The molecule has 0 unspecified atom stereocenters. The van der Waals surface area contributed by atoms with E-state index in [-0.39, 0.29) is 11.8 Å². The lowest BCUT2D eigenvalue weighted by Gasteiger charge is -2.11. The first-order chi connectivity index (χ1) is 8.27. The van der Waals surface area contributed by atoms with Gasteiger partial charge in [0.1, 0.15) is 0 Å². The smallest absolute Gasteiger partial charge is 0.0914 e. The molecule has 2 nitrogen and oxygen atoms in total. The minimum absolute atomic E-state index is 0.250. The maximum absolute atomic E-state index is 7.52. The van der Waals surface area contributed by atoms with E-state index in [0.717, 1.165) is 0 Å². The largest absolute Gasteiger partial charge is 0.388 e. The number of rotatable bonds is 2. The SMILES string of the molecule is N=C(N)CC1c2ccccc2-c2ccccc21. The van der Waals surface area contributed by atoms with Gasteiger partial charge in [0.15, 0.2) is 0 Å². The molecule has 0 saturated heterocycles. The Labute approximate surface area is 101 Å². The number of nitrogens with one attached hydrogen (secondary N) is 1. The van der Waals surface area contributed by atoms with Crippen molar-refractivity contribution in [2.24, 2.45) is 5.73 Å². The molecule has 2 heteroatoms. The Morgan fingerprint density at radius 1 is 0.941 bits per heavy atom. The van der Waals surface area contributed by atoms with Crippen LogP contribution < -0.4 is 5.73 Å². The predicted octanol–water partition coefficient (Wildman–Crippen LogP) is 3.12. The van der Waals surface area contributed by atoms with Crippen LogP contribution in [0, 0.1) is 5.41 Å². The number of hydrogen-bond acceptors (Lipinski definition) is 1. The molecule has 3 N–H and O–H groups in total. The van der Waals surface area contributed by atoms with Gasteiger partial charge in [-0.1, -0.05) is 48.5 Å². The second-order valence-electron chi connectivity index (χ2n) is 4.46. The first kappa shape index (κ1) is 10.1. The van der Waals surface area contributed by atoms with Crippen LogP contribution in [-0.2, 0) is 0 Å². The van der Waals surface area contributed by atoms with Crippen molar-refractivity contribution >= 4 is 5.84 Å². The summed E-state index contributed by atoms with van der Waals surface area (Å²) in [5.74, 6) is 0.501. The van der Waals surface area contributed by atoms with E-state index in [9.17, 15) is 0 Å². The van der Waals surface area contributed by atoms with Crippen LogP contribution in [0.2, 0.25) is 0 Å². The van der Waals surface area contributed by atoms with Crippen LogP contribution in [0.15, 0.2) is 48.5 Å². The van der Waals surface area contributed by atoms with Gasteiger partial charge in [-0.15, -0.1) is 0 Å². The maximum atomic E-state index is 7.52. The number of benzene rings is 2. The molecule has 0 bridgehead atoms. The summed E-state index contributed by atoms with van der Waals surface area (Å²) < 4.78 is 0. The van der Waals surface area contributed by atoms with Gasteiger partial charge in [-0.2, -0.15) is 0 Å². The van der Waals surface area contributed by atoms with Gasteiger partial charge in [0.25, 0.3) is 0 Å². The first-order valence-electron chi connectivity index (χ1n) is 5.78. The van der Waals surface area contributed by atoms with Crippen molar-refractivity contribution in [3.8, 4) is 11.1 Å². The molecule has 2 aromatic carbocycles. The summed E-state index contributed by atoms with van der Waals surface area (Å²) >= 11 is 0. The molecule has 84 valence electrons. The molecule has 0 aliphatic heterocycles. The molecule has 0 fully saturated rings. The molecule has 2 aromatic rings. The highest BCUT2D eigenvalue weighted by molar-refractivity contribution is 5.84. The zero-order valence-corrected chi connectivity index (χ0v) is 9.48.